The number of hydrogen-bond acceptors (Lipinski definition) is 4. The van der Waals surface area contributed by atoms with Crippen LogP contribution in [0.2, 0.25) is 0 Å². The molecule has 0 atom stereocenters. The van der Waals surface area contributed by atoms with Gasteiger partial charge in [0.1, 0.15) is 10.5 Å². The first-order valence-corrected chi connectivity index (χ1v) is 6.84. The van der Waals surface area contributed by atoms with Gasteiger partial charge in [0.05, 0.1) is 12.1 Å². The Morgan fingerprint density at radius 1 is 1.26 bits per heavy atom. The summed E-state index contributed by atoms with van der Waals surface area (Å²) >= 11 is 1.42. The molecular formula is C14H13N3OS. The first kappa shape index (κ1) is 11.9. The van der Waals surface area contributed by atoms with Gasteiger partial charge in [-0.1, -0.05) is 18.2 Å². The zero-order valence-electron chi connectivity index (χ0n) is 10.5. The van der Waals surface area contributed by atoms with Gasteiger partial charge in [-0.05, 0) is 23.6 Å². The van der Waals surface area contributed by atoms with Crippen LogP contribution in [-0.4, -0.2) is 17.0 Å². The highest BCUT2D eigenvalue weighted by molar-refractivity contribution is 7.17. The Hall–Kier alpha value is -2.14. The van der Waals surface area contributed by atoms with Crippen LogP contribution in [0.5, 0.6) is 0 Å². The molecule has 0 aliphatic carbocycles. The lowest BCUT2D eigenvalue weighted by molar-refractivity contribution is 0.841. The third kappa shape index (κ3) is 2.37. The number of nitrogens with one attached hydrogen (secondary N) is 1. The van der Waals surface area contributed by atoms with Crippen LogP contribution in [0.1, 0.15) is 5.82 Å². The van der Waals surface area contributed by atoms with Crippen LogP contribution < -0.4 is 10.5 Å². The number of rotatable bonds is 3. The van der Waals surface area contributed by atoms with Gasteiger partial charge in [-0.25, -0.2) is 4.98 Å². The topological polar surface area (TPSA) is 49.0 Å². The Morgan fingerprint density at radius 3 is 2.84 bits per heavy atom. The molecule has 0 saturated carbocycles. The summed E-state index contributed by atoms with van der Waals surface area (Å²) < 4.78 is 0.686. The van der Waals surface area contributed by atoms with E-state index < -0.39 is 0 Å². The summed E-state index contributed by atoms with van der Waals surface area (Å²) in [7, 11) is 1.98. The van der Waals surface area contributed by atoms with Gasteiger partial charge >= 0.3 is 0 Å². The monoisotopic (exact) mass is 271 g/mol. The number of anilines is 1. The minimum Gasteiger partial charge on any atom is -0.367 e. The van der Waals surface area contributed by atoms with E-state index in [1.54, 1.807) is 0 Å². The number of aromatic nitrogens is 2. The van der Waals surface area contributed by atoms with E-state index in [1.807, 2.05) is 48.8 Å². The number of para-hydroxylation sites is 1. The average molecular weight is 271 g/mol. The quantitative estimate of drug-likeness (QED) is 0.796. The van der Waals surface area contributed by atoms with E-state index >= 15 is 0 Å². The number of thiophene rings is 1. The predicted octanol–water partition coefficient (Wildman–Crippen LogP) is 2.62. The number of aromatic amines is 1. The second-order valence-corrected chi connectivity index (χ2v) is 5.26. The molecule has 3 rings (SSSR count). The summed E-state index contributed by atoms with van der Waals surface area (Å²) in [5.41, 5.74) is 1.80. The smallest absolute Gasteiger partial charge is 0.268 e. The lowest BCUT2D eigenvalue weighted by atomic mass is 10.3. The van der Waals surface area contributed by atoms with Crippen molar-refractivity contribution < 1.29 is 0 Å². The van der Waals surface area contributed by atoms with Gasteiger partial charge in [-0.2, -0.15) is 0 Å². The molecule has 5 heteroatoms. The van der Waals surface area contributed by atoms with E-state index in [-0.39, 0.29) is 5.56 Å². The minimum atomic E-state index is -0.0588. The van der Waals surface area contributed by atoms with Crippen LogP contribution in [0.25, 0.3) is 10.2 Å². The largest absolute Gasteiger partial charge is 0.367 e. The maximum absolute atomic E-state index is 11.9. The Kier molecular flexibility index (Phi) is 3.05. The van der Waals surface area contributed by atoms with E-state index in [9.17, 15) is 4.79 Å². The Balaban J connectivity index is 1.91. The SMILES string of the molecule is CN(Cc1nc2ccsc2c(=O)[nH]1)c1ccccc1. The summed E-state index contributed by atoms with van der Waals surface area (Å²) in [4.78, 5) is 21.2. The summed E-state index contributed by atoms with van der Waals surface area (Å²) in [5, 5.41) is 1.89. The van der Waals surface area contributed by atoms with Crippen molar-refractivity contribution >= 4 is 27.2 Å². The number of nitrogens with zero attached hydrogens (tertiary/aromatic N) is 2. The van der Waals surface area contributed by atoms with Crippen LogP contribution in [0, 0.1) is 0 Å². The van der Waals surface area contributed by atoms with Crippen LogP contribution >= 0.6 is 11.3 Å². The summed E-state index contributed by atoms with van der Waals surface area (Å²) in [6.45, 7) is 0.574. The van der Waals surface area contributed by atoms with E-state index in [1.165, 1.54) is 11.3 Å². The van der Waals surface area contributed by atoms with Crippen molar-refractivity contribution in [3.63, 3.8) is 0 Å². The fourth-order valence-electron chi connectivity index (χ4n) is 1.99. The van der Waals surface area contributed by atoms with Gasteiger partial charge in [-0.3, -0.25) is 4.79 Å². The van der Waals surface area contributed by atoms with Crippen molar-refractivity contribution in [2.75, 3.05) is 11.9 Å². The standard InChI is InChI=1S/C14H13N3OS/c1-17(10-5-3-2-4-6-10)9-12-15-11-7-8-19-13(11)14(18)16-12/h2-8H,9H2,1H3,(H,15,16,18). The zero-order chi connectivity index (χ0) is 13.2. The summed E-state index contributed by atoms with van der Waals surface area (Å²) in [6.07, 6.45) is 0. The summed E-state index contributed by atoms with van der Waals surface area (Å²) in [5.74, 6) is 0.683. The molecule has 0 unspecified atom stereocenters. The second kappa shape index (κ2) is 4.85. The maximum Gasteiger partial charge on any atom is 0.268 e. The molecule has 1 aromatic carbocycles. The lowest BCUT2D eigenvalue weighted by Crippen LogP contribution is -2.21. The molecule has 0 saturated heterocycles. The first-order valence-electron chi connectivity index (χ1n) is 5.96. The van der Waals surface area contributed by atoms with Crippen molar-refractivity contribution in [1.29, 1.82) is 0 Å². The fraction of sp³-hybridized carbons (Fsp3) is 0.143. The van der Waals surface area contributed by atoms with Crippen molar-refractivity contribution in [3.05, 3.63) is 58.0 Å². The predicted molar refractivity (Wildman–Crippen MR) is 78.8 cm³/mol. The maximum atomic E-state index is 11.9. The molecule has 0 bridgehead atoms. The fourth-order valence-corrected chi connectivity index (χ4v) is 2.72. The molecule has 19 heavy (non-hydrogen) atoms. The van der Waals surface area contributed by atoms with Crippen molar-refractivity contribution in [2.45, 2.75) is 6.54 Å². The molecule has 0 fully saturated rings. The molecule has 3 aromatic rings. The molecule has 0 aliphatic rings. The van der Waals surface area contributed by atoms with Gasteiger partial charge in [-0.15, -0.1) is 11.3 Å². The van der Waals surface area contributed by atoms with E-state index in [0.717, 1.165) is 11.2 Å². The first-order chi connectivity index (χ1) is 9.24. The van der Waals surface area contributed by atoms with Crippen molar-refractivity contribution in [2.24, 2.45) is 0 Å². The second-order valence-electron chi connectivity index (χ2n) is 4.34. The minimum absolute atomic E-state index is 0.0588. The normalized spacial score (nSPS) is 10.8. The van der Waals surface area contributed by atoms with Gasteiger partial charge in [0.2, 0.25) is 0 Å². The van der Waals surface area contributed by atoms with Gasteiger partial charge < -0.3 is 9.88 Å². The van der Waals surface area contributed by atoms with Crippen LogP contribution in [0.3, 0.4) is 0 Å². The van der Waals surface area contributed by atoms with E-state index in [2.05, 4.69) is 14.9 Å². The Bertz CT molecular complexity index is 748. The highest BCUT2D eigenvalue weighted by atomic mass is 32.1. The zero-order valence-corrected chi connectivity index (χ0v) is 11.3. The van der Waals surface area contributed by atoms with Gasteiger partial charge in [0.25, 0.3) is 5.56 Å². The Labute approximate surface area is 114 Å². The van der Waals surface area contributed by atoms with Crippen LogP contribution in [0.4, 0.5) is 5.69 Å². The van der Waals surface area contributed by atoms with E-state index in [4.69, 9.17) is 0 Å². The van der Waals surface area contributed by atoms with Crippen molar-refractivity contribution in [3.8, 4) is 0 Å². The van der Waals surface area contributed by atoms with Crippen molar-refractivity contribution in [1.82, 2.24) is 9.97 Å². The molecule has 2 aromatic heterocycles. The molecule has 2 heterocycles. The molecule has 1 N–H and O–H groups in total. The summed E-state index contributed by atoms with van der Waals surface area (Å²) in [6, 6.07) is 11.9. The molecule has 4 nitrogen and oxygen atoms in total. The molecule has 0 amide bonds. The Morgan fingerprint density at radius 2 is 2.05 bits per heavy atom. The highest BCUT2D eigenvalue weighted by Gasteiger charge is 2.07. The van der Waals surface area contributed by atoms with Gasteiger partial charge in [0.15, 0.2) is 0 Å². The molecule has 0 aliphatic heterocycles. The average Bonchev–Trinajstić information content (AvgIpc) is 2.88. The molecule has 0 spiro atoms. The third-order valence-corrected chi connectivity index (χ3v) is 3.85. The van der Waals surface area contributed by atoms with E-state index in [0.29, 0.717) is 17.1 Å². The highest BCUT2D eigenvalue weighted by Crippen LogP contribution is 2.16. The lowest BCUT2D eigenvalue weighted by Gasteiger charge is -2.18. The third-order valence-electron chi connectivity index (χ3n) is 2.95. The molecule has 96 valence electrons. The molecular weight excluding hydrogens is 258 g/mol. The number of H-pyrrole nitrogens is 1. The van der Waals surface area contributed by atoms with Crippen LogP contribution in [0.15, 0.2) is 46.6 Å². The number of benzene rings is 1. The van der Waals surface area contributed by atoms with Gasteiger partial charge in [0, 0.05) is 12.7 Å². The number of hydrogen-bond donors (Lipinski definition) is 1. The van der Waals surface area contributed by atoms with Crippen LogP contribution in [-0.2, 0) is 6.54 Å². The molecule has 0 radical (unpaired) electrons. The number of fused-ring (bicyclic) bond motifs is 1.